The number of piperidine rings is 1. The standard InChI is InChI=1S/C18H21N3O/c1-19-17-8-5-9-21(13-17)18(22)16-10-15(11-20-12-16)14-6-3-2-4-7-14/h2-4,6-7,10-12,17,19H,5,8-9,13H2,1H3. The summed E-state index contributed by atoms with van der Waals surface area (Å²) in [6, 6.07) is 12.4. The van der Waals surface area contributed by atoms with Crippen molar-refractivity contribution in [1.29, 1.82) is 0 Å². The minimum Gasteiger partial charge on any atom is -0.337 e. The van der Waals surface area contributed by atoms with Gasteiger partial charge in [0.2, 0.25) is 0 Å². The van der Waals surface area contributed by atoms with E-state index in [1.165, 1.54) is 0 Å². The number of carbonyl (C=O) groups is 1. The summed E-state index contributed by atoms with van der Waals surface area (Å²) >= 11 is 0. The molecule has 0 spiro atoms. The third-order valence-electron chi connectivity index (χ3n) is 4.21. The molecule has 114 valence electrons. The van der Waals surface area contributed by atoms with E-state index in [1.54, 1.807) is 12.4 Å². The Morgan fingerprint density at radius 3 is 2.82 bits per heavy atom. The maximum absolute atomic E-state index is 12.7. The van der Waals surface area contributed by atoms with Crippen molar-refractivity contribution in [3.05, 3.63) is 54.4 Å². The molecule has 1 unspecified atom stereocenters. The van der Waals surface area contributed by atoms with Crippen LogP contribution < -0.4 is 5.32 Å². The first-order chi connectivity index (χ1) is 10.8. The highest BCUT2D eigenvalue weighted by Gasteiger charge is 2.23. The van der Waals surface area contributed by atoms with Crippen LogP contribution in [0.4, 0.5) is 0 Å². The van der Waals surface area contributed by atoms with Crippen LogP contribution >= 0.6 is 0 Å². The van der Waals surface area contributed by atoms with E-state index in [2.05, 4.69) is 10.3 Å². The summed E-state index contributed by atoms with van der Waals surface area (Å²) in [5.74, 6) is 0.0743. The molecule has 4 heteroatoms. The molecule has 1 aromatic heterocycles. The quantitative estimate of drug-likeness (QED) is 0.946. The SMILES string of the molecule is CNC1CCCN(C(=O)c2cncc(-c3ccccc3)c2)C1. The number of hydrogen-bond acceptors (Lipinski definition) is 3. The molecule has 0 bridgehead atoms. The topological polar surface area (TPSA) is 45.2 Å². The molecule has 1 aromatic carbocycles. The average molecular weight is 295 g/mol. The van der Waals surface area contributed by atoms with E-state index in [-0.39, 0.29) is 5.91 Å². The lowest BCUT2D eigenvalue weighted by Gasteiger charge is -2.32. The lowest BCUT2D eigenvalue weighted by molar-refractivity contribution is 0.0698. The molecule has 1 aliphatic rings. The third-order valence-corrected chi connectivity index (χ3v) is 4.21. The molecule has 1 atom stereocenters. The van der Waals surface area contributed by atoms with Gasteiger partial charge in [-0.1, -0.05) is 30.3 Å². The number of rotatable bonds is 3. The lowest BCUT2D eigenvalue weighted by atomic mass is 10.0. The van der Waals surface area contributed by atoms with Crippen LogP contribution in [0.25, 0.3) is 11.1 Å². The molecular weight excluding hydrogens is 274 g/mol. The van der Waals surface area contributed by atoms with E-state index in [1.807, 2.05) is 48.3 Å². The van der Waals surface area contributed by atoms with E-state index >= 15 is 0 Å². The summed E-state index contributed by atoms with van der Waals surface area (Å²) in [5, 5.41) is 3.27. The second-order valence-electron chi connectivity index (χ2n) is 5.71. The molecule has 1 N–H and O–H groups in total. The Balaban J connectivity index is 1.81. The molecule has 1 saturated heterocycles. The Hall–Kier alpha value is -2.20. The van der Waals surface area contributed by atoms with Gasteiger partial charge < -0.3 is 10.2 Å². The van der Waals surface area contributed by atoms with Gasteiger partial charge in [0.1, 0.15) is 0 Å². The van der Waals surface area contributed by atoms with Crippen molar-refractivity contribution in [3.63, 3.8) is 0 Å². The van der Waals surface area contributed by atoms with E-state index < -0.39 is 0 Å². The highest BCUT2D eigenvalue weighted by Crippen LogP contribution is 2.20. The van der Waals surface area contributed by atoms with Crippen LogP contribution in [-0.4, -0.2) is 42.0 Å². The summed E-state index contributed by atoms with van der Waals surface area (Å²) < 4.78 is 0. The van der Waals surface area contributed by atoms with Gasteiger partial charge in [-0.25, -0.2) is 0 Å². The van der Waals surface area contributed by atoms with Crippen molar-refractivity contribution in [1.82, 2.24) is 15.2 Å². The van der Waals surface area contributed by atoms with Crippen LogP contribution in [-0.2, 0) is 0 Å². The van der Waals surface area contributed by atoms with Crippen molar-refractivity contribution >= 4 is 5.91 Å². The highest BCUT2D eigenvalue weighted by molar-refractivity contribution is 5.95. The van der Waals surface area contributed by atoms with Crippen molar-refractivity contribution in [2.45, 2.75) is 18.9 Å². The molecule has 2 aromatic rings. The summed E-state index contributed by atoms with van der Waals surface area (Å²) in [4.78, 5) is 18.9. The van der Waals surface area contributed by atoms with Crippen molar-refractivity contribution in [3.8, 4) is 11.1 Å². The fraction of sp³-hybridized carbons (Fsp3) is 0.333. The molecule has 0 radical (unpaired) electrons. The molecule has 0 saturated carbocycles. The van der Waals surface area contributed by atoms with Gasteiger partial charge in [0, 0.05) is 37.1 Å². The number of hydrogen-bond donors (Lipinski definition) is 1. The van der Waals surface area contributed by atoms with E-state index in [0.29, 0.717) is 11.6 Å². The largest absolute Gasteiger partial charge is 0.337 e. The molecular formula is C18H21N3O. The number of likely N-dealkylation sites (tertiary alicyclic amines) is 1. The number of likely N-dealkylation sites (N-methyl/N-ethyl adjacent to an activating group) is 1. The number of pyridine rings is 1. The monoisotopic (exact) mass is 295 g/mol. The van der Waals surface area contributed by atoms with E-state index in [9.17, 15) is 4.79 Å². The van der Waals surface area contributed by atoms with E-state index in [0.717, 1.165) is 37.1 Å². The van der Waals surface area contributed by atoms with Crippen molar-refractivity contribution in [2.75, 3.05) is 20.1 Å². The molecule has 3 rings (SSSR count). The van der Waals surface area contributed by atoms with Gasteiger partial charge in [0.15, 0.2) is 0 Å². The summed E-state index contributed by atoms with van der Waals surface area (Å²) in [7, 11) is 1.95. The first-order valence-electron chi connectivity index (χ1n) is 7.75. The number of nitrogens with zero attached hydrogens (tertiary/aromatic N) is 2. The fourth-order valence-electron chi connectivity index (χ4n) is 2.93. The zero-order chi connectivity index (χ0) is 15.4. The van der Waals surface area contributed by atoms with Crippen LogP contribution in [0.2, 0.25) is 0 Å². The number of nitrogens with one attached hydrogen (secondary N) is 1. The second-order valence-corrected chi connectivity index (χ2v) is 5.71. The normalized spacial score (nSPS) is 18.2. The van der Waals surface area contributed by atoms with Gasteiger partial charge in [-0.3, -0.25) is 9.78 Å². The molecule has 1 aliphatic heterocycles. The van der Waals surface area contributed by atoms with Gasteiger partial charge in [-0.05, 0) is 31.5 Å². The van der Waals surface area contributed by atoms with Gasteiger partial charge in [-0.15, -0.1) is 0 Å². The third kappa shape index (κ3) is 3.17. The lowest BCUT2D eigenvalue weighted by Crippen LogP contribution is -2.47. The zero-order valence-electron chi connectivity index (χ0n) is 12.8. The smallest absolute Gasteiger partial charge is 0.255 e. The summed E-state index contributed by atoms with van der Waals surface area (Å²) in [6.07, 6.45) is 5.64. The second kappa shape index (κ2) is 6.71. The van der Waals surface area contributed by atoms with Crippen LogP contribution in [0, 0.1) is 0 Å². The minimum absolute atomic E-state index is 0.0743. The molecule has 1 fully saturated rings. The van der Waals surface area contributed by atoms with Crippen LogP contribution in [0.1, 0.15) is 23.2 Å². The zero-order valence-corrected chi connectivity index (χ0v) is 12.8. The van der Waals surface area contributed by atoms with Gasteiger partial charge in [-0.2, -0.15) is 0 Å². The molecule has 1 amide bonds. The van der Waals surface area contributed by atoms with Gasteiger partial charge in [0.25, 0.3) is 5.91 Å². The van der Waals surface area contributed by atoms with Gasteiger partial charge >= 0.3 is 0 Å². The summed E-state index contributed by atoms with van der Waals surface area (Å²) in [5.41, 5.74) is 2.73. The Kier molecular flexibility index (Phi) is 4.49. The average Bonchev–Trinajstić information content (AvgIpc) is 2.62. The predicted octanol–water partition coefficient (Wildman–Crippen LogP) is 2.57. The van der Waals surface area contributed by atoms with Crippen LogP contribution in [0.3, 0.4) is 0 Å². The summed E-state index contributed by atoms with van der Waals surface area (Å²) in [6.45, 7) is 1.59. The maximum Gasteiger partial charge on any atom is 0.255 e. The minimum atomic E-state index is 0.0743. The first kappa shape index (κ1) is 14.7. The Labute approximate surface area is 131 Å². The molecule has 4 nitrogen and oxygen atoms in total. The highest BCUT2D eigenvalue weighted by atomic mass is 16.2. The van der Waals surface area contributed by atoms with Crippen LogP contribution in [0.5, 0.6) is 0 Å². The van der Waals surface area contributed by atoms with Crippen molar-refractivity contribution < 1.29 is 4.79 Å². The number of benzene rings is 1. The number of aromatic nitrogens is 1. The Morgan fingerprint density at radius 1 is 1.23 bits per heavy atom. The molecule has 22 heavy (non-hydrogen) atoms. The van der Waals surface area contributed by atoms with Crippen molar-refractivity contribution in [2.24, 2.45) is 0 Å². The maximum atomic E-state index is 12.7. The fourth-order valence-corrected chi connectivity index (χ4v) is 2.93. The number of amides is 1. The molecule has 2 heterocycles. The Bertz CT molecular complexity index is 642. The molecule has 0 aliphatic carbocycles. The predicted molar refractivity (Wildman–Crippen MR) is 87.7 cm³/mol. The van der Waals surface area contributed by atoms with Gasteiger partial charge in [0.05, 0.1) is 5.56 Å². The van der Waals surface area contributed by atoms with E-state index in [4.69, 9.17) is 0 Å². The Morgan fingerprint density at radius 2 is 2.05 bits per heavy atom. The first-order valence-corrected chi connectivity index (χ1v) is 7.75. The number of carbonyl (C=O) groups excluding carboxylic acids is 1. The van der Waals surface area contributed by atoms with Crippen LogP contribution in [0.15, 0.2) is 48.8 Å².